The number of nitrogens with one attached hydrogen (secondary N) is 1. The maximum absolute atomic E-state index is 12.0. The number of hydrogen-bond donors (Lipinski definition) is 1. The molecule has 0 aromatic heterocycles. The summed E-state index contributed by atoms with van der Waals surface area (Å²) in [5.74, 6) is 0.354. The molecule has 0 unspecified atom stereocenters. The molecule has 0 atom stereocenters. The molecule has 0 spiro atoms. The van der Waals surface area contributed by atoms with Crippen molar-refractivity contribution in [1.82, 2.24) is 13.9 Å². The molecule has 0 amide bonds. The lowest BCUT2D eigenvalue weighted by molar-refractivity contribution is 0.316. The minimum atomic E-state index is -3.23. The van der Waals surface area contributed by atoms with Gasteiger partial charge in [0.05, 0.1) is 0 Å². The minimum Gasteiger partial charge on any atom is -0.314 e. The zero-order chi connectivity index (χ0) is 11.5. The van der Waals surface area contributed by atoms with E-state index < -0.39 is 10.2 Å². The molecule has 1 aliphatic rings. The second-order valence-corrected chi connectivity index (χ2v) is 6.37. The Morgan fingerprint density at radius 3 is 2.33 bits per heavy atom. The Labute approximate surface area is 92.6 Å². The van der Waals surface area contributed by atoms with Crippen molar-refractivity contribution in [3.05, 3.63) is 0 Å². The minimum absolute atomic E-state index is 0.354. The highest BCUT2D eigenvalue weighted by molar-refractivity contribution is 7.86. The van der Waals surface area contributed by atoms with Crippen LogP contribution in [0.15, 0.2) is 0 Å². The molecule has 0 bridgehead atoms. The van der Waals surface area contributed by atoms with E-state index in [0.29, 0.717) is 25.6 Å². The maximum atomic E-state index is 12.0. The van der Waals surface area contributed by atoms with Gasteiger partial charge < -0.3 is 5.32 Å². The molecule has 15 heavy (non-hydrogen) atoms. The molecule has 1 fully saturated rings. The second kappa shape index (κ2) is 5.25. The first kappa shape index (κ1) is 12.9. The first-order chi connectivity index (χ1) is 6.94. The van der Waals surface area contributed by atoms with Gasteiger partial charge in [0.1, 0.15) is 0 Å². The van der Waals surface area contributed by atoms with Crippen LogP contribution in [0, 0.1) is 5.92 Å². The van der Waals surface area contributed by atoms with Crippen molar-refractivity contribution in [2.24, 2.45) is 5.92 Å². The summed E-state index contributed by atoms with van der Waals surface area (Å²) in [5.41, 5.74) is 0. The highest BCUT2D eigenvalue weighted by Crippen LogP contribution is 2.09. The Kier molecular flexibility index (Phi) is 4.51. The number of rotatable bonds is 4. The molecule has 90 valence electrons. The Hall–Kier alpha value is -0.170. The van der Waals surface area contributed by atoms with Crippen molar-refractivity contribution in [2.75, 3.05) is 39.8 Å². The summed E-state index contributed by atoms with van der Waals surface area (Å²) >= 11 is 0. The quantitative estimate of drug-likeness (QED) is 0.729. The van der Waals surface area contributed by atoms with Crippen LogP contribution in [-0.2, 0) is 10.2 Å². The zero-order valence-corrected chi connectivity index (χ0v) is 10.5. The third-order valence-corrected chi connectivity index (χ3v) is 4.37. The summed E-state index contributed by atoms with van der Waals surface area (Å²) < 4.78 is 27.1. The normalized spacial score (nSPS) is 20.1. The van der Waals surface area contributed by atoms with Gasteiger partial charge in [0.15, 0.2) is 0 Å². The molecule has 1 aliphatic heterocycles. The largest absolute Gasteiger partial charge is 0.314 e. The average Bonchev–Trinajstić information content (AvgIpc) is 2.18. The Morgan fingerprint density at radius 1 is 1.33 bits per heavy atom. The molecular weight excluding hydrogens is 214 g/mol. The Bertz CT molecular complexity index is 284. The van der Waals surface area contributed by atoms with Crippen LogP contribution in [0.1, 0.15) is 13.8 Å². The van der Waals surface area contributed by atoms with E-state index in [-0.39, 0.29) is 0 Å². The molecule has 1 heterocycles. The molecule has 0 aliphatic carbocycles. The van der Waals surface area contributed by atoms with Gasteiger partial charge in [0.25, 0.3) is 10.2 Å². The standard InChI is InChI=1S/C9H21N3O2S/c1-9(2)8-11(3)15(13,14)12-6-4-10-5-7-12/h9-10H,4-8H2,1-3H3. The van der Waals surface area contributed by atoms with Gasteiger partial charge in [-0.25, -0.2) is 0 Å². The smallest absolute Gasteiger partial charge is 0.281 e. The predicted molar refractivity (Wildman–Crippen MR) is 60.8 cm³/mol. The summed E-state index contributed by atoms with van der Waals surface area (Å²) in [6.07, 6.45) is 0. The molecule has 0 radical (unpaired) electrons. The van der Waals surface area contributed by atoms with E-state index in [0.717, 1.165) is 13.1 Å². The van der Waals surface area contributed by atoms with Crippen LogP contribution in [0.5, 0.6) is 0 Å². The van der Waals surface area contributed by atoms with Gasteiger partial charge in [-0.05, 0) is 5.92 Å². The Morgan fingerprint density at radius 2 is 1.87 bits per heavy atom. The molecule has 1 rings (SSSR count). The van der Waals surface area contributed by atoms with Gasteiger partial charge in [-0.1, -0.05) is 13.8 Å². The van der Waals surface area contributed by atoms with Gasteiger partial charge in [-0.15, -0.1) is 0 Å². The van der Waals surface area contributed by atoms with Crippen LogP contribution >= 0.6 is 0 Å². The third kappa shape index (κ3) is 3.41. The van der Waals surface area contributed by atoms with Crippen LogP contribution in [0.2, 0.25) is 0 Å². The monoisotopic (exact) mass is 235 g/mol. The van der Waals surface area contributed by atoms with Crippen LogP contribution in [-0.4, -0.2) is 56.8 Å². The summed E-state index contributed by atoms with van der Waals surface area (Å²) in [6.45, 7) is 7.25. The first-order valence-electron chi connectivity index (χ1n) is 5.36. The van der Waals surface area contributed by atoms with Crippen LogP contribution in [0.25, 0.3) is 0 Å². The number of hydrogen-bond acceptors (Lipinski definition) is 3. The number of nitrogens with zero attached hydrogens (tertiary/aromatic N) is 2. The van der Waals surface area contributed by atoms with Gasteiger partial charge in [-0.3, -0.25) is 0 Å². The van der Waals surface area contributed by atoms with Crippen molar-refractivity contribution in [1.29, 1.82) is 0 Å². The van der Waals surface area contributed by atoms with Crippen molar-refractivity contribution in [3.8, 4) is 0 Å². The van der Waals surface area contributed by atoms with E-state index in [1.807, 2.05) is 13.8 Å². The summed E-state index contributed by atoms with van der Waals surface area (Å²) in [4.78, 5) is 0. The number of piperazine rings is 1. The fourth-order valence-corrected chi connectivity index (χ4v) is 3.21. The second-order valence-electron chi connectivity index (χ2n) is 4.33. The van der Waals surface area contributed by atoms with Gasteiger partial charge in [0.2, 0.25) is 0 Å². The van der Waals surface area contributed by atoms with E-state index >= 15 is 0 Å². The molecule has 0 aromatic rings. The SMILES string of the molecule is CC(C)CN(C)S(=O)(=O)N1CCNCC1. The summed E-state index contributed by atoms with van der Waals surface area (Å²) in [7, 11) is -1.58. The lowest BCUT2D eigenvalue weighted by Crippen LogP contribution is -2.51. The highest BCUT2D eigenvalue weighted by Gasteiger charge is 2.27. The van der Waals surface area contributed by atoms with Crippen molar-refractivity contribution < 1.29 is 8.42 Å². The lowest BCUT2D eigenvalue weighted by Gasteiger charge is -2.31. The summed E-state index contributed by atoms with van der Waals surface area (Å²) in [5, 5.41) is 3.14. The average molecular weight is 235 g/mol. The van der Waals surface area contributed by atoms with Crippen molar-refractivity contribution in [2.45, 2.75) is 13.8 Å². The van der Waals surface area contributed by atoms with E-state index in [1.54, 1.807) is 11.4 Å². The lowest BCUT2D eigenvalue weighted by atomic mass is 10.2. The predicted octanol–water partition coefficient (Wildman–Crippen LogP) is -0.276. The van der Waals surface area contributed by atoms with Crippen molar-refractivity contribution >= 4 is 10.2 Å². The van der Waals surface area contributed by atoms with E-state index in [9.17, 15) is 8.42 Å². The Balaban J connectivity index is 2.63. The molecule has 1 N–H and O–H groups in total. The van der Waals surface area contributed by atoms with Crippen LogP contribution < -0.4 is 5.32 Å². The maximum Gasteiger partial charge on any atom is 0.281 e. The first-order valence-corrected chi connectivity index (χ1v) is 6.76. The van der Waals surface area contributed by atoms with Gasteiger partial charge in [0, 0.05) is 39.8 Å². The molecule has 0 saturated carbocycles. The highest BCUT2D eigenvalue weighted by atomic mass is 32.2. The van der Waals surface area contributed by atoms with Crippen molar-refractivity contribution in [3.63, 3.8) is 0 Å². The van der Waals surface area contributed by atoms with E-state index in [2.05, 4.69) is 5.32 Å². The summed E-state index contributed by atoms with van der Waals surface area (Å²) in [6, 6.07) is 0. The molecule has 5 nitrogen and oxygen atoms in total. The third-order valence-electron chi connectivity index (χ3n) is 2.42. The van der Waals surface area contributed by atoms with Crippen LogP contribution in [0.4, 0.5) is 0 Å². The molecule has 0 aromatic carbocycles. The fourth-order valence-electron chi connectivity index (χ4n) is 1.68. The fraction of sp³-hybridized carbons (Fsp3) is 1.00. The molecule has 1 saturated heterocycles. The van der Waals surface area contributed by atoms with E-state index in [4.69, 9.17) is 0 Å². The van der Waals surface area contributed by atoms with Gasteiger partial charge >= 0.3 is 0 Å². The topological polar surface area (TPSA) is 52.7 Å². The molecular formula is C9H21N3O2S. The molecule has 6 heteroatoms. The zero-order valence-electron chi connectivity index (χ0n) is 9.73. The van der Waals surface area contributed by atoms with E-state index in [1.165, 1.54) is 4.31 Å². The van der Waals surface area contributed by atoms with Gasteiger partial charge in [-0.2, -0.15) is 17.0 Å². The van der Waals surface area contributed by atoms with Crippen LogP contribution in [0.3, 0.4) is 0 Å².